The second-order valence-electron chi connectivity index (χ2n) is 5.13. The normalized spacial score (nSPS) is 18.9. The van der Waals surface area contributed by atoms with Crippen molar-refractivity contribution in [1.29, 1.82) is 0 Å². The van der Waals surface area contributed by atoms with Crippen molar-refractivity contribution in [1.82, 2.24) is 5.16 Å². The van der Waals surface area contributed by atoms with E-state index in [-0.39, 0.29) is 5.54 Å². The molecule has 1 N–H and O–H groups in total. The fourth-order valence-electron chi connectivity index (χ4n) is 2.75. The summed E-state index contributed by atoms with van der Waals surface area (Å²) < 4.78 is 5.32. The predicted octanol–water partition coefficient (Wildman–Crippen LogP) is 4.18. The van der Waals surface area contributed by atoms with Crippen LogP contribution in [0.15, 0.2) is 28.8 Å². The van der Waals surface area contributed by atoms with Crippen LogP contribution in [-0.4, -0.2) is 16.6 Å². The van der Waals surface area contributed by atoms with Crippen molar-refractivity contribution in [2.75, 3.05) is 11.2 Å². The van der Waals surface area contributed by atoms with Gasteiger partial charge in [0.2, 0.25) is 0 Å². The molecule has 0 unspecified atom stereocenters. The third-order valence-electron chi connectivity index (χ3n) is 3.83. The molecule has 2 aromatic rings. The number of anilines is 1. The minimum Gasteiger partial charge on any atom is -0.360 e. The average Bonchev–Trinajstić information content (AvgIpc) is 2.83. The van der Waals surface area contributed by atoms with Crippen molar-refractivity contribution in [2.45, 2.75) is 37.6 Å². The summed E-state index contributed by atoms with van der Waals surface area (Å²) in [6, 6.07) is 7.91. The first-order valence-electron chi connectivity index (χ1n) is 6.52. The van der Waals surface area contributed by atoms with Crippen LogP contribution in [0, 0.1) is 0 Å². The Bertz CT molecular complexity index is 531. The molecule has 3 nitrogen and oxygen atoms in total. The van der Waals surface area contributed by atoms with E-state index in [1.165, 1.54) is 19.3 Å². The lowest BCUT2D eigenvalue weighted by Gasteiger charge is -2.36. The fraction of sp³-hybridized carbons (Fsp3) is 0.500. The summed E-state index contributed by atoms with van der Waals surface area (Å²) in [5, 5.41) is 8.70. The van der Waals surface area contributed by atoms with Crippen LogP contribution in [-0.2, 0) is 0 Å². The number of alkyl halides is 1. The van der Waals surface area contributed by atoms with Gasteiger partial charge in [-0.15, -0.1) is 11.6 Å². The summed E-state index contributed by atoms with van der Waals surface area (Å²) in [4.78, 5) is 0. The molecule has 4 heteroatoms. The van der Waals surface area contributed by atoms with E-state index < -0.39 is 0 Å². The molecule has 1 fully saturated rings. The van der Waals surface area contributed by atoms with Crippen molar-refractivity contribution < 1.29 is 4.52 Å². The van der Waals surface area contributed by atoms with Gasteiger partial charge in [-0.3, -0.25) is 0 Å². The Morgan fingerprint density at radius 1 is 1.22 bits per heavy atom. The van der Waals surface area contributed by atoms with Gasteiger partial charge in [-0.25, -0.2) is 0 Å². The number of hydrogen-bond donors (Lipinski definition) is 1. The maximum Gasteiger partial charge on any atom is 0.177 e. The second kappa shape index (κ2) is 4.81. The zero-order valence-corrected chi connectivity index (χ0v) is 11.0. The van der Waals surface area contributed by atoms with E-state index in [2.05, 4.69) is 10.5 Å². The van der Waals surface area contributed by atoms with Crippen molar-refractivity contribution in [3.05, 3.63) is 24.3 Å². The highest BCUT2D eigenvalue weighted by atomic mass is 35.5. The first-order chi connectivity index (χ1) is 8.83. The smallest absolute Gasteiger partial charge is 0.177 e. The molecule has 0 amide bonds. The van der Waals surface area contributed by atoms with Gasteiger partial charge < -0.3 is 9.84 Å². The summed E-state index contributed by atoms with van der Waals surface area (Å²) in [6.45, 7) is 0. The van der Waals surface area contributed by atoms with Crippen LogP contribution in [0.3, 0.4) is 0 Å². The van der Waals surface area contributed by atoms with E-state index in [0.29, 0.717) is 5.88 Å². The Morgan fingerprint density at radius 2 is 2.00 bits per heavy atom. The first-order valence-corrected chi connectivity index (χ1v) is 7.05. The van der Waals surface area contributed by atoms with Crippen LogP contribution in [0.5, 0.6) is 0 Å². The number of nitrogens with one attached hydrogen (secondary N) is 1. The van der Waals surface area contributed by atoms with Gasteiger partial charge in [0.25, 0.3) is 0 Å². The maximum absolute atomic E-state index is 6.18. The lowest BCUT2D eigenvalue weighted by Crippen LogP contribution is -2.42. The average molecular weight is 265 g/mol. The molecule has 0 spiro atoms. The first kappa shape index (κ1) is 11.8. The largest absolute Gasteiger partial charge is 0.360 e. The molecule has 0 saturated heterocycles. The summed E-state index contributed by atoms with van der Waals surface area (Å²) in [7, 11) is 0. The van der Waals surface area contributed by atoms with Crippen LogP contribution >= 0.6 is 11.6 Å². The predicted molar refractivity (Wildman–Crippen MR) is 74.2 cm³/mol. The van der Waals surface area contributed by atoms with Crippen molar-refractivity contribution >= 4 is 28.4 Å². The molecule has 1 aliphatic carbocycles. The van der Waals surface area contributed by atoms with E-state index in [0.717, 1.165) is 29.6 Å². The SMILES string of the molecule is ClCC1(Nc2noc3ccccc23)CCCCC1. The van der Waals surface area contributed by atoms with Crippen LogP contribution in [0.2, 0.25) is 0 Å². The Balaban J connectivity index is 1.90. The van der Waals surface area contributed by atoms with Gasteiger partial charge in [-0.2, -0.15) is 0 Å². The molecule has 1 aliphatic rings. The van der Waals surface area contributed by atoms with Gasteiger partial charge in [0.1, 0.15) is 0 Å². The third kappa shape index (κ3) is 2.07. The minimum absolute atomic E-state index is 0.0144. The number of para-hydroxylation sites is 1. The molecule has 18 heavy (non-hydrogen) atoms. The van der Waals surface area contributed by atoms with E-state index in [1.807, 2.05) is 24.3 Å². The zero-order valence-electron chi connectivity index (χ0n) is 10.3. The van der Waals surface area contributed by atoms with E-state index in [1.54, 1.807) is 0 Å². The second-order valence-corrected chi connectivity index (χ2v) is 5.39. The maximum atomic E-state index is 6.18. The van der Waals surface area contributed by atoms with Crippen LogP contribution < -0.4 is 5.32 Å². The molecule has 0 atom stereocenters. The van der Waals surface area contributed by atoms with Gasteiger partial charge in [0, 0.05) is 5.88 Å². The number of halogens is 1. The lowest BCUT2D eigenvalue weighted by atomic mass is 9.83. The number of benzene rings is 1. The number of aromatic nitrogens is 1. The standard InChI is InChI=1S/C14H17ClN2O/c15-10-14(8-4-1-5-9-14)16-13-11-6-2-3-7-12(11)18-17-13/h2-3,6-7H,1,4-5,8-10H2,(H,16,17). The molecule has 0 bridgehead atoms. The highest BCUT2D eigenvalue weighted by Crippen LogP contribution is 2.34. The molecular formula is C14H17ClN2O. The van der Waals surface area contributed by atoms with E-state index in [9.17, 15) is 0 Å². The number of fused-ring (bicyclic) bond motifs is 1. The van der Waals surface area contributed by atoms with Gasteiger partial charge in [0.05, 0.1) is 10.9 Å². The van der Waals surface area contributed by atoms with Crippen molar-refractivity contribution in [3.63, 3.8) is 0 Å². The zero-order chi connectivity index (χ0) is 12.4. The summed E-state index contributed by atoms with van der Waals surface area (Å²) >= 11 is 6.18. The molecule has 1 aromatic carbocycles. The molecule has 1 saturated carbocycles. The minimum atomic E-state index is -0.0144. The van der Waals surface area contributed by atoms with Crippen LogP contribution in [0.25, 0.3) is 11.0 Å². The van der Waals surface area contributed by atoms with Crippen molar-refractivity contribution in [3.8, 4) is 0 Å². The quantitative estimate of drug-likeness (QED) is 0.845. The highest BCUT2D eigenvalue weighted by Gasteiger charge is 2.32. The molecule has 3 rings (SSSR count). The van der Waals surface area contributed by atoms with Crippen molar-refractivity contribution in [2.24, 2.45) is 0 Å². The molecule has 1 heterocycles. The number of rotatable bonds is 3. The van der Waals surface area contributed by atoms with Gasteiger partial charge >= 0.3 is 0 Å². The fourth-order valence-corrected chi connectivity index (χ4v) is 3.08. The van der Waals surface area contributed by atoms with Gasteiger partial charge in [-0.1, -0.05) is 36.6 Å². The summed E-state index contributed by atoms with van der Waals surface area (Å²) in [5.41, 5.74) is 0.806. The molecule has 1 aromatic heterocycles. The van der Waals surface area contributed by atoms with Gasteiger partial charge in [-0.05, 0) is 25.0 Å². The summed E-state index contributed by atoms with van der Waals surface area (Å²) in [6.07, 6.45) is 5.99. The van der Waals surface area contributed by atoms with E-state index >= 15 is 0 Å². The Kier molecular flexibility index (Phi) is 3.16. The molecule has 0 aliphatic heterocycles. The number of hydrogen-bond acceptors (Lipinski definition) is 3. The Labute approximate surface area is 111 Å². The number of nitrogens with zero attached hydrogens (tertiary/aromatic N) is 1. The summed E-state index contributed by atoms with van der Waals surface area (Å²) in [5.74, 6) is 1.45. The molecular weight excluding hydrogens is 248 g/mol. The lowest BCUT2D eigenvalue weighted by molar-refractivity contribution is 0.349. The molecule has 96 valence electrons. The van der Waals surface area contributed by atoms with Crippen LogP contribution in [0.1, 0.15) is 32.1 Å². The monoisotopic (exact) mass is 264 g/mol. The highest BCUT2D eigenvalue weighted by molar-refractivity contribution is 6.19. The topological polar surface area (TPSA) is 38.1 Å². The van der Waals surface area contributed by atoms with E-state index in [4.69, 9.17) is 16.1 Å². The Morgan fingerprint density at radius 3 is 2.78 bits per heavy atom. The molecule has 0 radical (unpaired) electrons. The van der Waals surface area contributed by atoms with Crippen LogP contribution in [0.4, 0.5) is 5.82 Å². The third-order valence-corrected chi connectivity index (χ3v) is 4.34. The Hall–Kier alpha value is -1.22. The van der Waals surface area contributed by atoms with Gasteiger partial charge in [0.15, 0.2) is 11.4 Å².